The summed E-state index contributed by atoms with van der Waals surface area (Å²) in [5, 5.41) is 12.8. The number of nitrogens with one attached hydrogen (secondary N) is 1. The molecule has 5 heteroatoms. The van der Waals surface area contributed by atoms with Crippen LogP contribution in [0.25, 0.3) is 0 Å². The number of nitrogens with zero attached hydrogens (tertiary/aromatic N) is 2. The van der Waals surface area contributed by atoms with Gasteiger partial charge in [0.25, 0.3) is 5.91 Å². The van der Waals surface area contributed by atoms with Crippen LogP contribution in [0.2, 0.25) is 0 Å². The predicted octanol–water partition coefficient (Wildman–Crippen LogP) is 5.64. The Morgan fingerprint density at radius 1 is 1.00 bits per heavy atom. The lowest BCUT2D eigenvalue weighted by Crippen LogP contribution is -2.36. The van der Waals surface area contributed by atoms with Crippen molar-refractivity contribution < 1.29 is 4.79 Å². The van der Waals surface area contributed by atoms with E-state index in [1.165, 1.54) is 6.20 Å². The zero-order valence-corrected chi connectivity index (χ0v) is 17.2. The van der Waals surface area contributed by atoms with Gasteiger partial charge >= 0.3 is 0 Å². The van der Waals surface area contributed by atoms with Crippen molar-refractivity contribution in [3.8, 4) is 6.07 Å². The number of aryl methyl sites for hydroxylation is 1. The van der Waals surface area contributed by atoms with E-state index in [0.717, 1.165) is 39.6 Å². The van der Waals surface area contributed by atoms with Crippen molar-refractivity contribution in [2.24, 2.45) is 0 Å². The third kappa shape index (κ3) is 4.40. The second kappa shape index (κ2) is 9.34. The summed E-state index contributed by atoms with van der Waals surface area (Å²) in [5.41, 5.74) is 2.99. The summed E-state index contributed by atoms with van der Waals surface area (Å²) in [6.07, 6.45) is 3.36. The van der Waals surface area contributed by atoms with Gasteiger partial charge in [-0.25, -0.2) is 0 Å². The van der Waals surface area contributed by atoms with Gasteiger partial charge in [0.1, 0.15) is 11.6 Å². The van der Waals surface area contributed by atoms with E-state index in [4.69, 9.17) is 0 Å². The number of hydrogen-bond acceptors (Lipinski definition) is 4. The van der Waals surface area contributed by atoms with Crippen molar-refractivity contribution in [1.29, 1.82) is 5.26 Å². The maximum absolute atomic E-state index is 13.1. The maximum atomic E-state index is 13.1. The van der Waals surface area contributed by atoms with E-state index in [1.54, 1.807) is 16.7 Å². The molecule has 1 N–H and O–H groups in total. The topological polar surface area (TPSA) is 56.1 Å². The molecule has 0 saturated heterocycles. The minimum Gasteiger partial charge on any atom is -0.359 e. The highest BCUT2D eigenvalue weighted by atomic mass is 32.2. The molecule has 0 radical (unpaired) electrons. The van der Waals surface area contributed by atoms with E-state index in [0.29, 0.717) is 6.54 Å². The Hall–Kier alpha value is -3.49. The van der Waals surface area contributed by atoms with Gasteiger partial charge < -0.3 is 10.2 Å². The molecule has 148 valence electrons. The summed E-state index contributed by atoms with van der Waals surface area (Å²) < 4.78 is 0. The molecule has 0 saturated carbocycles. The SMILES string of the molecule is N#C/C(=C/Nc1ccccc1Sc1ccccc1)C(=O)N1CCCc2ccccc21. The molecule has 1 aliphatic rings. The summed E-state index contributed by atoms with van der Waals surface area (Å²) >= 11 is 1.63. The number of carbonyl (C=O) groups excluding carboxylic acids is 1. The van der Waals surface area contributed by atoms with Crippen LogP contribution in [0.3, 0.4) is 0 Å². The van der Waals surface area contributed by atoms with Crippen LogP contribution in [0, 0.1) is 11.3 Å². The molecule has 4 nitrogen and oxygen atoms in total. The molecule has 0 atom stereocenters. The number of amides is 1. The Balaban J connectivity index is 1.55. The third-order valence-corrected chi connectivity index (χ3v) is 6.02. The summed E-state index contributed by atoms with van der Waals surface area (Å²) in [4.78, 5) is 16.9. The molecule has 3 aromatic rings. The fourth-order valence-electron chi connectivity index (χ4n) is 3.47. The van der Waals surface area contributed by atoms with Crippen LogP contribution < -0.4 is 10.2 Å². The van der Waals surface area contributed by atoms with E-state index in [1.807, 2.05) is 66.7 Å². The van der Waals surface area contributed by atoms with Gasteiger partial charge in [-0.3, -0.25) is 4.79 Å². The monoisotopic (exact) mass is 411 g/mol. The normalized spacial score (nSPS) is 13.3. The molecule has 1 aliphatic heterocycles. The molecule has 0 aromatic heterocycles. The number of rotatable bonds is 5. The Bertz CT molecular complexity index is 1120. The van der Waals surface area contributed by atoms with Crippen LogP contribution >= 0.6 is 11.8 Å². The quantitative estimate of drug-likeness (QED) is 0.436. The van der Waals surface area contributed by atoms with E-state index in [2.05, 4.69) is 23.5 Å². The fourth-order valence-corrected chi connectivity index (χ4v) is 4.40. The molecule has 0 bridgehead atoms. The van der Waals surface area contributed by atoms with Crippen molar-refractivity contribution in [2.75, 3.05) is 16.8 Å². The van der Waals surface area contributed by atoms with Crippen LogP contribution in [-0.4, -0.2) is 12.5 Å². The second-order valence-corrected chi connectivity index (χ2v) is 8.03. The maximum Gasteiger partial charge on any atom is 0.270 e. The molecule has 0 unspecified atom stereocenters. The summed E-state index contributed by atoms with van der Waals surface area (Å²) in [6, 6.07) is 27.9. The molecule has 1 heterocycles. The molecular formula is C25H21N3OS. The average Bonchev–Trinajstić information content (AvgIpc) is 2.80. The lowest BCUT2D eigenvalue weighted by atomic mass is 10.0. The number of anilines is 2. The number of hydrogen-bond donors (Lipinski definition) is 1. The average molecular weight is 412 g/mol. The van der Waals surface area contributed by atoms with Crippen molar-refractivity contribution in [3.63, 3.8) is 0 Å². The first-order valence-electron chi connectivity index (χ1n) is 9.85. The summed E-state index contributed by atoms with van der Waals surface area (Å²) in [5.74, 6) is -0.273. The third-order valence-electron chi connectivity index (χ3n) is 4.94. The first kappa shape index (κ1) is 19.8. The van der Waals surface area contributed by atoms with Crippen LogP contribution in [0.15, 0.2) is 100 Å². The molecular weight excluding hydrogens is 390 g/mol. The van der Waals surface area contributed by atoms with Crippen LogP contribution in [0.4, 0.5) is 11.4 Å². The Kier molecular flexibility index (Phi) is 6.17. The van der Waals surface area contributed by atoms with Gasteiger partial charge in [0, 0.05) is 28.2 Å². The predicted molar refractivity (Wildman–Crippen MR) is 121 cm³/mol. The largest absolute Gasteiger partial charge is 0.359 e. The molecule has 0 spiro atoms. The summed E-state index contributed by atoms with van der Waals surface area (Å²) in [7, 11) is 0. The van der Waals surface area contributed by atoms with Gasteiger partial charge in [-0.05, 0) is 48.7 Å². The molecule has 1 amide bonds. The van der Waals surface area contributed by atoms with Crippen molar-refractivity contribution >= 4 is 29.0 Å². The minimum atomic E-state index is -0.273. The smallest absolute Gasteiger partial charge is 0.270 e. The van der Waals surface area contributed by atoms with E-state index >= 15 is 0 Å². The van der Waals surface area contributed by atoms with E-state index in [9.17, 15) is 10.1 Å². The summed E-state index contributed by atoms with van der Waals surface area (Å²) in [6.45, 7) is 0.620. The first-order chi connectivity index (χ1) is 14.8. The molecule has 3 aromatic carbocycles. The van der Waals surface area contributed by atoms with Gasteiger partial charge in [-0.15, -0.1) is 0 Å². The number of nitriles is 1. The Morgan fingerprint density at radius 2 is 1.73 bits per heavy atom. The van der Waals surface area contributed by atoms with Crippen LogP contribution in [-0.2, 0) is 11.2 Å². The van der Waals surface area contributed by atoms with Crippen molar-refractivity contribution in [1.82, 2.24) is 0 Å². The lowest BCUT2D eigenvalue weighted by molar-refractivity contribution is -0.114. The highest BCUT2D eigenvalue weighted by Crippen LogP contribution is 2.33. The van der Waals surface area contributed by atoms with Gasteiger partial charge in [0.15, 0.2) is 0 Å². The van der Waals surface area contributed by atoms with Crippen LogP contribution in [0.5, 0.6) is 0 Å². The first-order valence-corrected chi connectivity index (χ1v) is 10.7. The van der Waals surface area contributed by atoms with E-state index in [-0.39, 0.29) is 11.5 Å². The van der Waals surface area contributed by atoms with Crippen molar-refractivity contribution in [3.05, 3.63) is 96.2 Å². The molecule has 30 heavy (non-hydrogen) atoms. The molecule has 4 rings (SSSR count). The number of para-hydroxylation sites is 2. The van der Waals surface area contributed by atoms with Crippen LogP contribution in [0.1, 0.15) is 12.0 Å². The van der Waals surface area contributed by atoms with Gasteiger partial charge in [-0.2, -0.15) is 5.26 Å². The Labute approximate surface area is 180 Å². The van der Waals surface area contributed by atoms with E-state index < -0.39 is 0 Å². The van der Waals surface area contributed by atoms with Gasteiger partial charge in [0.2, 0.25) is 0 Å². The van der Waals surface area contributed by atoms with Gasteiger partial charge in [0.05, 0.1) is 5.69 Å². The highest BCUT2D eigenvalue weighted by molar-refractivity contribution is 7.99. The standard InChI is InChI=1S/C25H21N3OS/c26-17-20(25(29)28-16-8-10-19-9-4-6-14-23(19)28)18-27-22-13-5-7-15-24(22)30-21-11-2-1-3-12-21/h1-7,9,11-15,18,27H,8,10,16H2/b20-18-. The molecule has 0 fully saturated rings. The zero-order chi connectivity index (χ0) is 20.8. The Morgan fingerprint density at radius 3 is 2.57 bits per heavy atom. The number of carbonyl (C=O) groups is 1. The minimum absolute atomic E-state index is 0.0891. The van der Waals surface area contributed by atoms with Gasteiger partial charge in [-0.1, -0.05) is 60.3 Å². The highest BCUT2D eigenvalue weighted by Gasteiger charge is 2.24. The lowest BCUT2D eigenvalue weighted by Gasteiger charge is -2.29. The number of benzene rings is 3. The second-order valence-electron chi connectivity index (χ2n) is 6.91. The molecule has 0 aliphatic carbocycles. The number of fused-ring (bicyclic) bond motifs is 1. The zero-order valence-electron chi connectivity index (χ0n) is 16.4. The van der Waals surface area contributed by atoms with Crippen molar-refractivity contribution in [2.45, 2.75) is 22.6 Å². The fraction of sp³-hybridized carbons (Fsp3) is 0.120.